The molecule has 0 spiro atoms. The number of pyridine rings is 1. The van der Waals surface area contributed by atoms with Gasteiger partial charge in [0.2, 0.25) is 0 Å². The van der Waals surface area contributed by atoms with Crippen LogP contribution in [0.25, 0.3) is 15.9 Å². The molecule has 0 amide bonds. The van der Waals surface area contributed by atoms with Gasteiger partial charge in [0, 0.05) is 22.9 Å². The number of thiophene rings is 1. The summed E-state index contributed by atoms with van der Waals surface area (Å²) in [5, 5.41) is 1.67. The maximum atomic E-state index is 12.4. The van der Waals surface area contributed by atoms with E-state index < -0.39 is 0 Å². The second-order valence-corrected chi connectivity index (χ2v) is 9.71. The minimum Gasteiger partial charge on any atom is -0.383 e. The minimum absolute atomic E-state index is 0.0785. The number of aromatic nitrogens is 4. The molecule has 0 aromatic carbocycles. The number of nitrogens with zero attached hydrogens (tertiary/aromatic N) is 4. The lowest BCUT2D eigenvalue weighted by Gasteiger charge is -2.17. The Morgan fingerprint density at radius 3 is 3.07 bits per heavy atom. The molecule has 1 unspecified atom stereocenters. The summed E-state index contributed by atoms with van der Waals surface area (Å²) < 4.78 is 1.57. The van der Waals surface area contributed by atoms with Crippen LogP contribution in [0.2, 0.25) is 0 Å². The summed E-state index contributed by atoms with van der Waals surface area (Å²) in [4.78, 5) is 28.7. The number of fused-ring (bicyclic) bond motifs is 4. The molecule has 0 fully saturated rings. The van der Waals surface area contributed by atoms with Crippen molar-refractivity contribution >= 4 is 44.8 Å². The molecular formula is C21H21N5OS2. The Morgan fingerprint density at radius 1 is 1.34 bits per heavy atom. The molecule has 1 aliphatic rings. The topological polar surface area (TPSA) is 86.2 Å². The van der Waals surface area contributed by atoms with Gasteiger partial charge in [0.1, 0.15) is 16.3 Å². The molecule has 5 rings (SSSR count). The molecule has 29 heavy (non-hydrogen) atoms. The number of anilines is 1. The highest BCUT2D eigenvalue weighted by molar-refractivity contribution is 7.98. The van der Waals surface area contributed by atoms with E-state index in [-0.39, 0.29) is 5.56 Å². The van der Waals surface area contributed by atoms with Crippen molar-refractivity contribution in [3.63, 3.8) is 0 Å². The quantitative estimate of drug-likeness (QED) is 0.396. The zero-order valence-electron chi connectivity index (χ0n) is 16.3. The second-order valence-electron chi connectivity index (χ2n) is 7.68. The number of nitrogen functional groups attached to an aromatic ring is 1. The average Bonchev–Trinajstić information content (AvgIpc) is 3.05. The van der Waals surface area contributed by atoms with Crippen LogP contribution in [0, 0.1) is 12.8 Å². The fourth-order valence-corrected chi connectivity index (χ4v) is 6.13. The van der Waals surface area contributed by atoms with Gasteiger partial charge >= 0.3 is 0 Å². The van der Waals surface area contributed by atoms with Gasteiger partial charge < -0.3 is 5.73 Å². The number of thioether (sulfide) groups is 1. The number of hydrogen-bond donors (Lipinski definition) is 1. The summed E-state index contributed by atoms with van der Waals surface area (Å²) in [6, 6.07) is 5.38. The summed E-state index contributed by atoms with van der Waals surface area (Å²) in [6.45, 7) is 4.25. The molecule has 0 saturated heterocycles. The molecule has 0 aliphatic heterocycles. The first-order chi connectivity index (χ1) is 14.0. The van der Waals surface area contributed by atoms with E-state index >= 15 is 0 Å². The number of nitrogens with two attached hydrogens (primary N) is 1. The Bertz CT molecular complexity index is 1310. The SMILES string of the molecule is Cc1cccn2c(=O)cc(CSc3nc(N)c4c5c(sc4n3)CC(C)CC5)nc12. The van der Waals surface area contributed by atoms with Crippen molar-refractivity contribution < 1.29 is 0 Å². The third-order valence-corrected chi connectivity index (χ3v) is 7.48. The predicted molar refractivity (Wildman–Crippen MR) is 119 cm³/mol. The smallest absolute Gasteiger partial charge is 0.258 e. The highest BCUT2D eigenvalue weighted by atomic mass is 32.2. The number of rotatable bonds is 3. The molecule has 8 heteroatoms. The van der Waals surface area contributed by atoms with Gasteiger partial charge in [-0.2, -0.15) is 0 Å². The average molecular weight is 424 g/mol. The van der Waals surface area contributed by atoms with E-state index in [4.69, 9.17) is 10.7 Å². The summed E-state index contributed by atoms with van der Waals surface area (Å²) in [7, 11) is 0. The van der Waals surface area contributed by atoms with Gasteiger partial charge in [0.15, 0.2) is 5.16 Å². The molecular weight excluding hydrogens is 402 g/mol. The zero-order valence-corrected chi connectivity index (χ0v) is 17.9. The van der Waals surface area contributed by atoms with E-state index in [0.29, 0.717) is 28.3 Å². The van der Waals surface area contributed by atoms with E-state index in [2.05, 4.69) is 16.9 Å². The first-order valence-corrected chi connectivity index (χ1v) is 11.5. The lowest BCUT2D eigenvalue weighted by Crippen LogP contribution is -2.15. The highest BCUT2D eigenvalue weighted by Crippen LogP contribution is 2.40. The second kappa shape index (κ2) is 7.11. The molecule has 0 radical (unpaired) electrons. The van der Waals surface area contributed by atoms with E-state index in [1.165, 1.54) is 28.6 Å². The van der Waals surface area contributed by atoms with E-state index in [1.54, 1.807) is 28.0 Å². The molecule has 148 valence electrons. The first-order valence-electron chi connectivity index (χ1n) is 9.68. The van der Waals surface area contributed by atoms with E-state index in [1.807, 2.05) is 19.1 Å². The molecule has 0 bridgehead atoms. The van der Waals surface area contributed by atoms with Crippen LogP contribution >= 0.6 is 23.1 Å². The third-order valence-electron chi connectivity index (χ3n) is 5.45. The van der Waals surface area contributed by atoms with Gasteiger partial charge in [0.05, 0.1) is 11.1 Å². The highest BCUT2D eigenvalue weighted by Gasteiger charge is 2.23. The van der Waals surface area contributed by atoms with Crippen LogP contribution in [0.1, 0.15) is 35.0 Å². The Kier molecular flexibility index (Phi) is 4.55. The standard InChI is InChI=1S/C21H21N5OS2/c1-11-5-6-14-15(8-11)29-20-17(14)18(22)24-21(25-20)28-10-13-9-16(27)26-7-3-4-12(2)19(26)23-13/h3-4,7,9,11H,5-6,8,10H2,1-2H3,(H2,22,24,25). The van der Waals surface area contributed by atoms with Gasteiger partial charge in [-0.1, -0.05) is 24.8 Å². The van der Waals surface area contributed by atoms with Gasteiger partial charge in [-0.05, 0) is 49.3 Å². The van der Waals surface area contributed by atoms with Crippen LogP contribution in [-0.2, 0) is 18.6 Å². The van der Waals surface area contributed by atoms with Gasteiger partial charge in [-0.15, -0.1) is 11.3 Å². The largest absolute Gasteiger partial charge is 0.383 e. The van der Waals surface area contributed by atoms with Gasteiger partial charge in [-0.3, -0.25) is 9.20 Å². The maximum Gasteiger partial charge on any atom is 0.258 e. The van der Waals surface area contributed by atoms with Crippen LogP contribution in [0.15, 0.2) is 34.3 Å². The predicted octanol–water partition coefficient (Wildman–Crippen LogP) is 4.01. The van der Waals surface area contributed by atoms with E-state index in [9.17, 15) is 4.79 Å². The molecule has 1 atom stereocenters. The van der Waals surface area contributed by atoms with Crippen LogP contribution in [-0.4, -0.2) is 19.4 Å². The number of aryl methyl sites for hydroxylation is 2. The van der Waals surface area contributed by atoms with Crippen molar-refractivity contribution in [1.82, 2.24) is 19.4 Å². The molecule has 4 heterocycles. The molecule has 4 aromatic rings. The Labute approximate surface area is 176 Å². The normalized spacial score (nSPS) is 16.4. The summed E-state index contributed by atoms with van der Waals surface area (Å²) in [5.74, 6) is 1.79. The summed E-state index contributed by atoms with van der Waals surface area (Å²) in [6.07, 6.45) is 5.09. The van der Waals surface area contributed by atoms with Crippen molar-refractivity contribution in [2.45, 2.75) is 44.0 Å². The maximum absolute atomic E-state index is 12.4. The zero-order chi connectivity index (χ0) is 20.1. The van der Waals surface area contributed by atoms with Crippen molar-refractivity contribution in [1.29, 1.82) is 0 Å². The first kappa shape index (κ1) is 18.6. The summed E-state index contributed by atoms with van der Waals surface area (Å²) >= 11 is 3.21. The van der Waals surface area contributed by atoms with Crippen molar-refractivity contribution in [3.8, 4) is 0 Å². The molecule has 4 aromatic heterocycles. The molecule has 2 N–H and O–H groups in total. The molecule has 1 aliphatic carbocycles. The van der Waals surface area contributed by atoms with Crippen LogP contribution in [0.5, 0.6) is 0 Å². The van der Waals surface area contributed by atoms with E-state index in [0.717, 1.165) is 34.3 Å². The Hall–Kier alpha value is -2.45. The van der Waals surface area contributed by atoms with Gasteiger partial charge in [-0.25, -0.2) is 15.0 Å². The lowest BCUT2D eigenvalue weighted by molar-refractivity contribution is 0.509. The molecule has 6 nitrogen and oxygen atoms in total. The lowest BCUT2D eigenvalue weighted by atomic mass is 9.89. The van der Waals surface area contributed by atoms with Crippen LogP contribution in [0.4, 0.5) is 5.82 Å². The Morgan fingerprint density at radius 2 is 2.21 bits per heavy atom. The summed E-state index contributed by atoms with van der Waals surface area (Å²) in [5.41, 5.74) is 9.96. The molecule has 0 saturated carbocycles. The third kappa shape index (κ3) is 3.30. The monoisotopic (exact) mass is 423 g/mol. The van der Waals surface area contributed by atoms with Crippen molar-refractivity contribution in [2.24, 2.45) is 5.92 Å². The number of hydrogen-bond acceptors (Lipinski definition) is 7. The van der Waals surface area contributed by atoms with Crippen LogP contribution in [0.3, 0.4) is 0 Å². The van der Waals surface area contributed by atoms with Crippen molar-refractivity contribution in [2.75, 3.05) is 5.73 Å². The fraction of sp³-hybridized carbons (Fsp3) is 0.333. The minimum atomic E-state index is -0.0785. The Balaban J connectivity index is 1.46. The van der Waals surface area contributed by atoms with Crippen molar-refractivity contribution in [3.05, 3.63) is 56.4 Å². The fourth-order valence-electron chi connectivity index (χ4n) is 3.94. The van der Waals surface area contributed by atoms with Crippen LogP contribution < -0.4 is 11.3 Å². The van der Waals surface area contributed by atoms with Gasteiger partial charge in [0.25, 0.3) is 5.56 Å².